The van der Waals surface area contributed by atoms with Crippen molar-refractivity contribution in [3.05, 3.63) is 40.1 Å². The van der Waals surface area contributed by atoms with E-state index in [4.69, 9.17) is 28.9 Å². The van der Waals surface area contributed by atoms with Gasteiger partial charge in [0, 0.05) is 31.8 Å². The smallest absolute Gasteiger partial charge is 0.146 e. The molecule has 1 heterocycles. The van der Waals surface area contributed by atoms with Crippen LogP contribution >= 0.6 is 23.2 Å². The molecule has 0 atom stereocenters. The number of allylic oxidation sites excluding steroid dienone is 1. The molecule has 0 saturated carbocycles. The Labute approximate surface area is 159 Å². The second kappa shape index (κ2) is 8.21. The van der Waals surface area contributed by atoms with Gasteiger partial charge in [-0.05, 0) is 38.8 Å². The number of rotatable bonds is 4. The first kappa shape index (κ1) is 19.8. The molecule has 1 fully saturated rings. The molecule has 1 aromatic carbocycles. The van der Waals surface area contributed by atoms with E-state index in [1.54, 1.807) is 6.07 Å². The number of anilines is 1. The predicted molar refractivity (Wildman–Crippen MR) is 106 cm³/mol. The molecule has 0 aliphatic carbocycles. The van der Waals surface area contributed by atoms with E-state index < -0.39 is 0 Å². The number of aldehydes is 1. The molecule has 1 aromatic rings. The molecule has 1 aliphatic rings. The molecule has 0 spiro atoms. The van der Waals surface area contributed by atoms with Crippen molar-refractivity contribution in [2.24, 2.45) is 10.7 Å². The van der Waals surface area contributed by atoms with Gasteiger partial charge in [0.25, 0.3) is 0 Å². The molecule has 1 saturated heterocycles. The van der Waals surface area contributed by atoms with Crippen molar-refractivity contribution in [2.45, 2.75) is 32.2 Å². The minimum Gasteiger partial charge on any atom is -0.356 e. The average molecular weight is 383 g/mol. The van der Waals surface area contributed by atoms with Gasteiger partial charge in [-0.15, -0.1) is 0 Å². The van der Waals surface area contributed by atoms with E-state index in [1.165, 1.54) is 6.08 Å². The third-order valence-electron chi connectivity index (χ3n) is 4.50. The highest BCUT2D eigenvalue weighted by molar-refractivity contribution is 6.44. The fourth-order valence-corrected chi connectivity index (χ4v) is 3.11. The summed E-state index contributed by atoms with van der Waals surface area (Å²) < 4.78 is 0. The van der Waals surface area contributed by atoms with Gasteiger partial charge < -0.3 is 15.5 Å². The van der Waals surface area contributed by atoms with E-state index in [0.29, 0.717) is 21.7 Å². The molecular formula is C18H24Cl2N4O. The number of nitrogens with two attached hydrogens (primary N) is 1. The van der Waals surface area contributed by atoms with Crippen LogP contribution in [-0.4, -0.2) is 42.7 Å². The van der Waals surface area contributed by atoms with Gasteiger partial charge in [-0.2, -0.15) is 0 Å². The number of hydrogen-bond acceptors (Lipinski definition) is 4. The van der Waals surface area contributed by atoms with Crippen molar-refractivity contribution in [2.75, 3.05) is 25.0 Å². The lowest BCUT2D eigenvalue weighted by molar-refractivity contribution is -0.104. The maximum atomic E-state index is 11.1. The summed E-state index contributed by atoms with van der Waals surface area (Å²) in [6.45, 7) is 5.46. The van der Waals surface area contributed by atoms with Crippen LogP contribution in [0.1, 0.15) is 26.7 Å². The SMILES string of the molecule is C/C(=N/C(=C\C=O)N1CCC(C)(N)CC1)N(C)c1cccc(Cl)c1Cl. The lowest BCUT2D eigenvalue weighted by Gasteiger charge is -2.38. The van der Waals surface area contributed by atoms with Gasteiger partial charge in [0.1, 0.15) is 17.9 Å². The van der Waals surface area contributed by atoms with Crippen molar-refractivity contribution >= 4 is 41.0 Å². The quantitative estimate of drug-likeness (QED) is 0.373. The first-order valence-electron chi connectivity index (χ1n) is 8.17. The highest BCUT2D eigenvalue weighted by Gasteiger charge is 2.27. The number of amidine groups is 1. The summed E-state index contributed by atoms with van der Waals surface area (Å²) in [6.07, 6.45) is 3.95. The van der Waals surface area contributed by atoms with E-state index in [9.17, 15) is 4.79 Å². The van der Waals surface area contributed by atoms with Crippen LogP contribution in [0.4, 0.5) is 5.69 Å². The Morgan fingerprint density at radius 3 is 2.60 bits per heavy atom. The fourth-order valence-electron chi connectivity index (χ4n) is 2.69. The number of benzene rings is 1. The molecule has 25 heavy (non-hydrogen) atoms. The van der Waals surface area contributed by atoms with Crippen molar-refractivity contribution in [3.8, 4) is 0 Å². The van der Waals surface area contributed by atoms with Crippen LogP contribution in [0.15, 0.2) is 35.1 Å². The minimum atomic E-state index is -0.160. The van der Waals surface area contributed by atoms with E-state index in [0.717, 1.165) is 37.9 Å². The lowest BCUT2D eigenvalue weighted by atomic mass is 9.91. The van der Waals surface area contributed by atoms with Crippen LogP contribution < -0.4 is 10.6 Å². The number of aliphatic imine (C=N–C) groups is 1. The first-order valence-corrected chi connectivity index (χ1v) is 8.93. The second-order valence-electron chi connectivity index (χ2n) is 6.59. The zero-order valence-electron chi connectivity index (χ0n) is 14.8. The van der Waals surface area contributed by atoms with Gasteiger partial charge in [-0.25, -0.2) is 4.99 Å². The highest BCUT2D eigenvalue weighted by atomic mass is 35.5. The summed E-state index contributed by atoms with van der Waals surface area (Å²) >= 11 is 12.4. The van der Waals surface area contributed by atoms with Crippen LogP contribution in [-0.2, 0) is 4.79 Å². The van der Waals surface area contributed by atoms with Gasteiger partial charge in [0.05, 0.1) is 15.7 Å². The monoisotopic (exact) mass is 382 g/mol. The lowest BCUT2D eigenvalue weighted by Crippen LogP contribution is -2.47. The van der Waals surface area contributed by atoms with Crippen LogP contribution in [0.25, 0.3) is 0 Å². The molecule has 7 heteroatoms. The summed E-state index contributed by atoms with van der Waals surface area (Å²) in [4.78, 5) is 19.6. The standard InChI is InChI=1S/C18H24Cl2N4O/c1-13(23(3)15-6-4-5-14(19)17(15)20)22-16(7-12-25)24-10-8-18(2,21)9-11-24/h4-7,12H,8-11,21H2,1-3H3/b16-7+,22-13-. The predicted octanol–water partition coefficient (Wildman–Crippen LogP) is 3.70. The summed E-state index contributed by atoms with van der Waals surface area (Å²) in [5.74, 6) is 1.34. The Kier molecular flexibility index (Phi) is 6.49. The van der Waals surface area contributed by atoms with Gasteiger partial charge >= 0.3 is 0 Å². The largest absolute Gasteiger partial charge is 0.356 e. The summed E-state index contributed by atoms with van der Waals surface area (Å²) in [5.41, 5.74) is 6.78. The molecule has 0 amide bonds. The average Bonchev–Trinajstić information content (AvgIpc) is 2.56. The van der Waals surface area contributed by atoms with Crippen LogP contribution in [0, 0.1) is 0 Å². The zero-order chi connectivity index (χ0) is 18.6. The first-order chi connectivity index (χ1) is 11.7. The minimum absolute atomic E-state index is 0.160. The van der Waals surface area contributed by atoms with Crippen LogP contribution in [0.2, 0.25) is 10.0 Å². The van der Waals surface area contributed by atoms with E-state index in [1.807, 2.05) is 31.0 Å². The van der Waals surface area contributed by atoms with Gasteiger partial charge in [0.2, 0.25) is 0 Å². The number of nitrogens with zero attached hydrogens (tertiary/aromatic N) is 3. The Bertz CT molecular complexity index is 690. The summed E-state index contributed by atoms with van der Waals surface area (Å²) in [7, 11) is 1.86. The third kappa shape index (κ3) is 4.97. The number of halogens is 2. The molecule has 0 unspecified atom stereocenters. The Morgan fingerprint density at radius 2 is 2.00 bits per heavy atom. The number of piperidine rings is 1. The van der Waals surface area contributed by atoms with E-state index >= 15 is 0 Å². The Hall–Kier alpha value is -1.56. The van der Waals surface area contributed by atoms with Gasteiger partial charge in [-0.1, -0.05) is 29.3 Å². The van der Waals surface area contributed by atoms with Crippen molar-refractivity contribution in [3.63, 3.8) is 0 Å². The molecule has 2 rings (SSSR count). The molecule has 136 valence electrons. The van der Waals surface area contributed by atoms with Crippen molar-refractivity contribution in [1.29, 1.82) is 0 Å². The third-order valence-corrected chi connectivity index (χ3v) is 5.31. The molecule has 5 nitrogen and oxygen atoms in total. The maximum absolute atomic E-state index is 11.1. The van der Waals surface area contributed by atoms with Gasteiger partial charge in [0.15, 0.2) is 0 Å². The number of likely N-dealkylation sites (tertiary alicyclic amines) is 1. The summed E-state index contributed by atoms with van der Waals surface area (Å²) in [5, 5.41) is 0.958. The Balaban J connectivity index is 2.23. The summed E-state index contributed by atoms with van der Waals surface area (Å²) in [6, 6.07) is 5.45. The number of hydrogen-bond donors (Lipinski definition) is 1. The van der Waals surface area contributed by atoms with Crippen LogP contribution in [0.5, 0.6) is 0 Å². The molecule has 0 radical (unpaired) electrons. The topological polar surface area (TPSA) is 61.9 Å². The molecule has 2 N–H and O–H groups in total. The van der Waals surface area contributed by atoms with E-state index in [-0.39, 0.29) is 5.54 Å². The number of carbonyl (C=O) groups excluding carboxylic acids is 1. The molecular weight excluding hydrogens is 359 g/mol. The molecule has 1 aliphatic heterocycles. The van der Waals surface area contributed by atoms with Crippen LogP contribution in [0.3, 0.4) is 0 Å². The molecule has 0 bridgehead atoms. The van der Waals surface area contributed by atoms with E-state index in [2.05, 4.69) is 16.8 Å². The van der Waals surface area contributed by atoms with Crippen molar-refractivity contribution < 1.29 is 4.79 Å². The maximum Gasteiger partial charge on any atom is 0.146 e. The van der Waals surface area contributed by atoms with Gasteiger partial charge in [-0.3, -0.25) is 4.79 Å². The van der Waals surface area contributed by atoms with Crippen molar-refractivity contribution in [1.82, 2.24) is 4.90 Å². The normalized spacial score (nSPS) is 18.2. The Morgan fingerprint density at radius 1 is 1.36 bits per heavy atom. The second-order valence-corrected chi connectivity index (χ2v) is 7.38. The molecule has 0 aromatic heterocycles. The number of carbonyl (C=O) groups is 1. The zero-order valence-corrected chi connectivity index (χ0v) is 16.3. The fraction of sp³-hybridized carbons (Fsp3) is 0.444. The highest BCUT2D eigenvalue weighted by Crippen LogP contribution is 2.32.